The molecule has 1 aliphatic heterocycles. The van der Waals surface area contributed by atoms with E-state index in [-0.39, 0.29) is 30.4 Å². The van der Waals surface area contributed by atoms with Gasteiger partial charge in [-0.2, -0.15) is 0 Å². The first-order valence-corrected chi connectivity index (χ1v) is 10.0. The van der Waals surface area contributed by atoms with Gasteiger partial charge in [-0.05, 0) is 38.3 Å². The van der Waals surface area contributed by atoms with E-state index >= 15 is 0 Å². The van der Waals surface area contributed by atoms with E-state index in [2.05, 4.69) is 0 Å². The Morgan fingerprint density at radius 1 is 1.10 bits per heavy atom. The lowest BCUT2D eigenvalue weighted by molar-refractivity contribution is -0.161. The summed E-state index contributed by atoms with van der Waals surface area (Å²) in [4.78, 5) is 24.9. The van der Waals surface area contributed by atoms with Gasteiger partial charge in [0.05, 0.1) is 12.5 Å². The van der Waals surface area contributed by atoms with Crippen LogP contribution in [0, 0.1) is 5.92 Å². The summed E-state index contributed by atoms with van der Waals surface area (Å²) in [6.07, 6.45) is 1.12. The van der Waals surface area contributed by atoms with Crippen molar-refractivity contribution in [1.82, 2.24) is 0 Å². The zero-order valence-electron chi connectivity index (χ0n) is 17.2. The van der Waals surface area contributed by atoms with Crippen molar-refractivity contribution in [3.8, 4) is 0 Å². The smallest absolute Gasteiger partial charge is 0.308 e. The summed E-state index contributed by atoms with van der Waals surface area (Å²) in [7, 11) is 0. The highest BCUT2D eigenvalue weighted by molar-refractivity contribution is 6.09. The van der Waals surface area contributed by atoms with E-state index in [9.17, 15) is 9.59 Å². The predicted octanol–water partition coefficient (Wildman–Crippen LogP) is 4.18. The standard InChI is InChI=1S/C24H28O5/c1-17(23(26)27-15-21-16-28-24(2,3)29-21)12-13-18-8-7-11-20(14-18)22(25)19-9-5-4-6-10-19/h4-11,14,17,21H,12-13,15-16H2,1-3H3. The summed E-state index contributed by atoms with van der Waals surface area (Å²) in [5.74, 6) is -1.10. The van der Waals surface area contributed by atoms with Gasteiger partial charge in [0.2, 0.25) is 0 Å². The number of hydrogen-bond donors (Lipinski definition) is 0. The Balaban J connectivity index is 1.49. The minimum atomic E-state index is -0.620. The first-order valence-electron chi connectivity index (χ1n) is 10.0. The largest absolute Gasteiger partial charge is 0.463 e. The number of aryl methyl sites for hydroxylation is 1. The van der Waals surface area contributed by atoms with Crippen LogP contribution in [-0.4, -0.2) is 36.9 Å². The van der Waals surface area contributed by atoms with Gasteiger partial charge in [0, 0.05) is 11.1 Å². The average molecular weight is 396 g/mol. The molecule has 1 saturated heterocycles. The second-order valence-electron chi connectivity index (χ2n) is 7.92. The Morgan fingerprint density at radius 3 is 2.52 bits per heavy atom. The fourth-order valence-corrected chi connectivity index (χ4v) is 3.29. The zero-order chi connectivity index (χ0) is 20.9. The minimum Gasteiger partial charge on any atom is -0.463 e. The summed E-state index contributed by atoms with van der Waals surface area (Å²) in [6, 6.07) is 16.8. The van der Waals surface area contributed by atoms with Crippen LogP contribution in [0.15, 0.2) is 54.6 Å². The molecular weight excluding hydrogens is 368 g/mol. The molecule has 5 nitrogen and oxygen atoms in total. The van der Waals surface area contributed by atoms with Crippen LogP contribution in [0.2, 0.25) is 0 Å². The molecule has 0 bridgehead atoms. The van der Waals surface area contributed by atoms with Crippen molar-refractivity contribution in [2.24, 2.45) is 5.92 Å². The van der Waals surface area contributed by atoms with E-state index in [1.54, 1.807) is 0 Å². The molecule has 29 heavy (non-hydrogen) atoms. The lowest BCUT2D eigenvalue weighted by Gasteiger charge is -2.17. The SMILES string of the molecule is CC(CCc1cccc(C(=O)c2ccccc2)c1)C(=O)OCC1COC(C)(C)O1. The molecule has 0 N–H and O–H groups in total. The van der Waals surface area contributed by atoms with Gasteiger partial charge in [-0.3, -0.25) is 9.59 Å². The van der Waals surface area contributed by atoms with Crippen LogP contribution in [0.25, 0.3) is 0 Å². The minimum absolute atomic E-state index is 0.00150. The molecule has 0 radical (unpaired) electrons. The molecule has 2 aromatic carbocycles. The number of ether oxygens (including phenoxy) is 3. The first-order chi connectivity index (χ1) is 13.8. The summed E-state index contributed by atoms with van der Waals surface area (Å²) >= 11 is 0. The van der Waals surface area contributed by atoms with Crippen molar-refractivity contribution in [1.29, 1.82) is 0 Å². The number of hydrogen-bond acceptors (Lipinski definition) is 5. The van der Waals surface area contributed by atoms with E-state index in [0.717, 1.165) is 5.56 Å². The lowest BCUT2D eigenvalue weighted by Crippen LogP contribution is -2.26. The summed E-state index contributed by atoms with van der Waals surface area (Å²) in [5, 5.41) is 0. The summed E-state index contributed by atoms with van der Waals surface area (Å²) < 4.78 is 16.5. The number of rotatable bonds is 8. The molecule has 0 aliphatic carbocycles. The van der Waals surface area contributed by atoms with Crippen LogP contribution in [0.3, 0.4) is 0 Å². The second-order valence-corrected chi connectivity index (χ2v) is 7.92. The Kier molecular flexibility index (Phi) is 6.83. The van der Waals surface area contributed by atoms with Crippen molar-refractivity contribution in [3.05, 3.63) is 71.3 Å². The second kappa shape index (κ2) is 9.33. The van der Waals surface area contributed by atoms with Crippen LogP contribution in [0.5, 0.6) is 0 Å². The molecule has 2 atom stereocenters. The lowest BCUT2D eigenvalue weighted by atomic mass is 9.97. The molecule has 154 valence electrons. The van der Waals surface area contributed by atoms with Crippen LogP contribution < -0.4 is 0 Å². The fraction of sp³-hybridized carbons (Fsp3) is 0.417. The van der Waals surface area contributed by atoms with Gasteiger partial charge < -0.3 is 14.2 Å². The molecule has 1 heterocycles. The highest BCUT2D eigenvalue weighted by Crippen LogP contribution is 2.23. The van der Waals surface area contributed by atoms with Crippen LogP contribution in [0.1, 0.15) is 48.7 Å². The normalized spacial score (nSPS) is 18.9. The molecule has 0 amide bonds. The maximum absolute atomic E-state index is 12.6. The Morgan fingerprint density at radius 2 is 1.83 bits per heavy atom. The van der Waals surface area contributed by atoms with E-state index in [1.165, 1.54) is 0 Å². The predicted molar refractivity (Wildman–Crippen MR) is 110 cm³/mol. The molecule has 1 fully saturated rings. The van der Waals surface area contributed by atoms with Gasteiger partial charge in [-0.1, -0.05) is 55.5 Å². The van der Waals surface area contributed by atoms with Gasteiger partial charge >= 0.3 is 5.97 Å². The van der Waals surface area contributed by atoms with E-state index in [1.807, 2.05) is 75.4 Å². The molecule has 1 aliphatic rings. The maximum Gasteiger partial charge on any atom is 0.308 e. The number of carbonyl (C=O) groups excluding carboxylic acids is 2. The molecule has 5 heteroatoms. The van der Waals surface area contributed by atoms with E-state index < -0.39 is 5.79 Å². The third-order valence-electron chi connectivity index (χ3n) is 4.97. The van der Waals surface area contributed by atoms with Gasteiger partial charge in [-0.15, -0.1) is 0 Å². The third kappa shape index (κ3) is 5.99. The number of ketones is 1. The van der Waals surface area contributed by atoms with Gasteiger partial charge in [0.25, 0.3) is 0 Å². The number of carbonyl (C=O) groups is 2. The Hall–Kier alpha value is -2.50. The molecular formula is C24H28O5. The molecule has 2 unspecified atom stereocenters. The van der Waals surface area contributed by atoms with E-state index in [0.29, 0.717) is 30.6 Å². The zero-order valence-corrected chi connectivity index (χ0v) is 17.2. The molecule has 3 rings (SSSR count). The van der Waals surface area contributed by atoms with Crippen LogP contribution in [0.4, 0.5) is 0 Å². The van der Waals surface area contributed by atoms with Crippen molar-refractivity contribution < 1.29 is 23.8 Å². The van der Waals surface area contributed by atoms with Crippen LogP contribution >= 0.6 is 0 Å². The quantitative estimate of drug-likeness (QED) is 0.495. The average Bonchev–Trinajstić information content (AvgIpc) is 3.09. The molecule has 0 spiro atoms. The Bertz CT molecular complexity index is 843. The number of benzene rings is 2. The third-order valence-corrected chi connectivity index (χ3v) is 4.97. The Labute approximate surface area is 172 Å². The highest BCUT2D eigenvalue weighted by atomic mass is 16.7. The van der Waals surface area contributed by atoms with Gasteiger partial charge in [0.1, 0.15) is 12.7 Å². The first kappa shape index (κ1) is 21.2. The van der Waals surface area contributed by atoms with Gasteiger partial charge in [0.15, 0.2) is 11.6 Å². The van der Waals surface area contributed by atoms with Crippen molar-refractivity contribution in [3.63, 3.8) is 0 Å². The summed E-state index contributed by atoms with van der Waals surface area (Å²) in [5.41, 5.74) is 2.36. The fourth-order valence-electron chi connectivity index (χ4n) is 3.29. The van der Waals surface area contributed by atoms with Crippen molar-refractivity contribution >= 4 is 11.8 Å². The van der Waals surface area contributed by atoms with Crippen molar-refractivity contribution in [2.75, 3.05) is 13.2 Å². The molecule has 0 aromatic heterocycles. The van der Waals surface area contributed by atoms with Crippen LogP contribution in [-0.2, 0) is 25.4 Å². The molecule has 2 aromatic rings. The van der Waals surface area contributed by atoms with Gasteiger partial charge in [-0.25, -0.2) is 0 Å². The van der Waals surface area contributed by atoms with E-state index in [4.69, 9.17) is 14.2 Å². The highest BCUT2D eigenvalue weighted by Gasteiger charge is 2.33. The summed E-state index contributed by atoms with van der Waals surface area (Å²) in [6.45, 7) is 6.17. The topological polar surface area (TPSA) is 61.8 Å². The van der Waals surface area contributed by atoms with Crippen molar-refractivity contribution in [2.45, 2.75) is 45.5 Å². The monoisotopic (exact) mass is 396 g/mol. The molecule has 0 saturated carbocycles. The maximum atomic E-state index is 12.6. The number of esters is 1.